The van der Waals surface area contributed by atoms with Crippen molar-refractivity contribution in [1.82, 2.24) is 15.2 Å². The standard InChI is InChI=1S/C15H20N4O/c1-19-12(8-9-17-19)6-7-13(18-16)15-10-11-4-2-3-5-14(11)20-15/h2-5,8-9,13,15,18H,6-7,10,16H2,1H3. The number of rotatable bonds is 5. The summed E-state index contributed by atoms with van der Waals surface area (Å²) in [6, 6.07) is 10.4. The zero-order valence-electron chi connectivity index (χ0n) is 11.6. The Morgan fingerprint density at radius 3 is 3.00 bits per heavy atom. The molecule has 0 aliphatic carbocycles. The van der Waals surface area contributed by atoms with Crippen molar-refractivity contribution in [2.75, 3.05) is 0 Å². The van der Waals surface area contributed by atoms with E-state index in [9.17, 15) is 0 Å². The molecule has 0 amide bonds. The molecule has 5 nitrogen and oxygen atoms in total. The molecular formula is C15H20N4O. The molecule has 0 bridgehead atoms. The van der Waals surface area contributed by atoms with E-state index in [-0.39, 0.29) is 12.1 Å². The number of benzene rings is 1. The van der Waals surface area contributed by atoms with Crippen LogP contribution in [0.1, 0.15) is 17.7 Å². The molecule has 5 heteroatoms. The van der Waals surface area contributed by atoms with Gasteiger partial charge in [0.2, 0.25) is 0 Å². The summed E-state index contributed by atoms with van der Waals surface area (Å²) >= 11 is 0. The Bertz CT molecular complexity index is 556. The quantitative estimate of drug-likeness (QED) is 0.634. The number of para-hydroxylation sites is 1. The molecule has 3 rings (SSSR count). The molecule has 0 spiro atoms. The lowest BCUT2D eigenvalue weighted by Crippen LogP contribution is -2.46. The number of hydrazine groups is 1. The topological polar surface area (TPSA) is 65.1 Å². The lowest BCUT2D eigenvalue weighted by atomic mass is 10.0. The van der Waals surface area contributed by atoms with E-state index in [1.165, 1.54) is 11.3 Å². The largest absolute Gasteiger partial charge is 0.488 e. The Hall–Kier alpha value is -1.85. The number of nitrogens with two attached hydrogens (primary N) is 1. The molecule has 0 saturated heterocycles. The molecule has 1 aromatic carbocycles. The summed E-state index contributed by atoms with van der Waals surface area (Å²) in [4.78, 5) is 0. The van der Waals surface area contributed by atoms with Gasteiger partial charge in [-0.1, -0.05) is 18.2 Å². The maximum atomic E-state index is 6.00. The Balaban J connectivity index is 1.62. The van der Waals surface area contributed by atoms with Crippen molar-refractivity contribution in [3.05, 3.63) is 47.8 Å². The summed E-state index contributed by atoms with van der Waals surface area (Å²) in [5, 5.41) is 4.18. The minimum atomic E-state index is 0.102. The van der Waals surface area contributed by atoms with Crippen LogP contribution in [0.2, 0.25) is 0 Å². The molecule has 1 aliphatic heterocycles. The highest BCUT2D eigenvalue weighted by Crippen LogP contribution is 2.30. The highest BCUT2D eigenvalue weighted by Gasteiger charge is 2.29. The Kier molecular flexibility index (Phi) is 3.71. The van der Waals surface area contributed by atoms with Crippen molar-refractivity contribution >= 4 is 0 Å². The van der Waals surface area contributed by atoms with Crippen molar-refractivity contribution in [2.24, 2.45) is 12.9 Å². The highest BCUT2D eigenvalue weighted by atomic mass is 16.5. The molecule has 2 atom stereocenters. The third-order valence-corrected chi connectivity index (χ3v) is 3.97. The average Bonchev–Trinajstić information content (AvgIpc) is 3.06. The number of fused-ring (bicyclic) bond motifs is 1. The van der Waals surface area contributed by atoms with Gasteiger partial charge in [0, 0.05) is 25.4 Å². The van der Waals surface area contributed by atoms with Gasteiger partial charge >= 0.3 is 0 Å². The summed E-state index contributed by atoms with van der Waals surface area (Å²) in [5.74, 6) is 6.70. The smallest absolute Gasteiger partial charge is 0.123 e. The lowest BCUT2D eigenvalue weighted by Gasteiger charge is -2.22. The van der Waals surface area contributed by atoms with E-state index in [0.717, 1.165) is 25.0 Å². The predicted octanol–water partition coefficient (Wildman–Crippen LogP) is 1.19. The van der Waals surface area contributed by atoms with E-state index in [0.29, 0.717) is 0 Å². The van der Waals surface area contributed by atoms with Crippen molar-refractivity contribution in [3.8, 4) is 5.75 Å². The van der Waals surface area contributed by atoms with Crippen LogP contribution in [0.4, 0.5) is 0 Å². The molecule has 20 heavy (non-hydrogen) atoms. The second-order valence-electron chi connectivity index (χ2n) is 5.23. The summed E-state index contributed by atoms with van der Waals surface area (Å²) in [7, 11) is 1.96. The molecule has 0 radical (unpaired) electrons. The van der Waals surface area contributed by atoms with Gasteiger partial charge < -0.3 is 4.74 Å². The van der Waals surface area contributed by atoms with Gasteiger partial charge in [0.25, 0.3) is 0 Å². The van der Waals surface area contributed by atoms with Crippen LogP contribution in [0.3, 0.4) is 0 Å². The van der Waals surface area contributed by atoms with E-state index in [1.54, 1.807) is 0 Å². The van der Waals surface area contributed by atoms with Crippen LogP contribution < -0.4 is 16.0 Å². The van der Waals surface area contributed by atoms with Gasteiger partial charge in [0.05, 0.1) is 6.04 Å². The van der Waals surface area contributed by atoms with Crippen LogP contribution in [0, 0.1) is 0 Å². The number of aromatic nitrogens is 2. The van der Waals surface area contributed by atoms with Gasteiger partial charge in [0.1, 0.15) is 11.9 Å². The zero-order valence-corrected chi connectivity index (χ0v) is 11.6. The van der Waals surface area contributed by atoms with Crippen molar-refractivity contribution in [3.63, 3.8) is 0 Å². The molecule has 1 aromatic heterocycles. The van der Waals surface area contributed by atoms with Crippen LogP contribution in [0.5, 0.6) is 5.75 Å². The zero-order chi connectivity index (χ0) is 13.9. The van der Waals surface area contributed by atoms with Crippen molar-refractivity contribution in [2.45, 2.75) is 31.4 Å². The molecule has 2 aromatic rings. The maximum Gasteiger partial charge on any atom is 0.123 e. The third kappa shape index (κ3) is 2.55. The summed E-state index contributed by atoms with van der Waals surface area (Å²) in [6.45, 7) is 0. The van der Waals surface area contributed by atoms with Gasteiger partial charge in [-0.25, -0.2) is 0 Å². The van der Waals surface area contributed by atoms with Gasteiger partial charge in [-0.2, -0.15) is 5.10 Å². The summed E-state index contributed by atoms with van der Waals surface area (Å²) in [6.07, 6.45) is 4.69. The van der Waals surface area contributed by atoms with Gasteiger partial charge in [-0.05, 0) is 30.5 Å². The van der Waals surface area contributed by atoms with Crippen LogP contribution in [-0.2, 0) is 19.9 Å². The Labute approximate surface area is 118 Å². The number of hydrogen-bond acceptors (Lipinski definition) is 4. The van der Waals surface area contributed by atoms with Crippen LogP contribution in [-0.4, -0.2) is 21.9 Å². The maximum absolute atomic E-state index is 6.00. The number of aryl methyl sites for hydroxylation is 2. The van der Waals surface area contributed by atoms with Crippen LogP contribution in [0.25, 0.3) is 0 Å². The SMILES string of the molecule is Cn1nccc1CCC(NN)C1Cc2ccccc2O1. The van der Waals surface area contributed by atoms with E-state index < -0.39 is 0 Å². The first kappa shape index (κ1) is 13.1. The van der Waals surface area contributed by atoms with Gasteiger partial charge in [0.15, 0.2) is 0 Å². The summed E-state index contributed by atoms with van der Waals surface area (Å²) < 4.78 is 7.90. The van der Waals surface area contributed by atoms with E-state index in [2.05, 4.69) is 16.6 Å². The van der Waals surface area contributed by atoms with E-state index in [4.69, 9.17) is 10.6 Å². The number of hydrogen-bond donors (Lipinski definition) is 2. The molecule has 2 heterocycles. The normalized spacial score (nSPS) is 18.6. The minimum absolute atomic E-state index is 0.102. The molecule has 0 saturated carbocycles. The average molecular weight is 272 g/mol. The first-order valence-corrected chi connectivity index (χ1v) is 6.95. The van der Waals surface area contributed by atoms with Crippen molar-refractivity contribution < 1.29 is 4.74 Å². The third-order valence-electron chi connectivity index (χ3n) is 3.97. The molecule has 1 aliphatic rings. The summed E-state index contributed by atoms with van der Waals surface area (Å²) in [5.41, 5.74) is 5.38. The Morgan fingerprint density at radius 1 is 1.45 bits per heavy atom. The monoisotopic (exact) mass is 272 g/mol. The number of nitrogens with zero attached hydrogens (tertiary/aromatic N) is 2. The molecule has 2 unspecified atom stereocenters. The van der Waals surface area contributed by atoms with Gasteiger partial charge in [-0.3, -0.25) is 16.0 Å². The first-order valence-electron chi connectivity index (χ1n) is 6.95. The first-order chi connectivity index (χ1) is 9.78. The second kappa shape index (κ2) is 5.64. The fraction of sp³-hybridized carbons (Fsp3) is 0.400. The van der Waals surface area contributed by atoms with Crippen molar-refractivity contribution in [1.29, 1.82) is 0 Å². The number of nitrogens with one attached hydrogen (secondary N) is 1. The molecule has 106 valence electrons. The van der Waals surface area contributed by atoms with Crippen LogP contribution in [0.15, 0.2) is 36.5 Å². The number of ether oxygens (including phenoxy) is 1. The highest BCUT2D eigenvalue weighted by molar-refractivity contribution is 5.37. The van der Waals surface area contributed by atoms with Gasteiger partial charge in [-0.15, -0.1) is 0 Å². The van der Waals surface area contributed by atoms with E-state index >= 15 is 0 Å². The molecule has 3 N–H and O–H groups in total. The van der Waals surface area contributed by atoms with Crippen LogP contribution >= 0.6 is 0 Å². The fourth-order valence-electron chi connectivity index (χ4n) is 2.76. The lowest BCUT2D eigenvalue weighted by molar-refractivity contribution is 0.172. The predicted molar refractivity (Wildman–Crippen MR) is 77.2 cm³/mol. The molecular weight excluding hydrogens is 252 g/mol. The Morgan fingerprint density at radius 2 is 2.30 bits per heavy atom. The minimum Gasteiger partial charge on any atom is -0.488 e. The fourth-order valence-corrected chi connectivity index (χ4v) is 2.76. The second-order valence-corrected chi connectivity index (χ2v) is 5.23. The molecule has 0 fully saturated rings. The van der Waals surface area contributed by atoms with E-state index in [1.807, 2.05) is 42.2 Å².